The van der Waals surface area contributed by atoms with Crippen molar-refractivity contribution in [2.45, 2.75) is 33.8 Å². The van der Waals surface area contributed by atoms with Crippen LogP contribution >= 0.6 is 0 Å². The minimum atomic E-state index is -0.912. The third kappa shape index (κ3) is 4.16. The lowest BCUT2D eigenvalue weighted by atomic mass is 10.0. The van der Waals surface area contributed by atoms with Crippen LogP contribution in [0.5, 0.6) is 0 Å². The van der Waals surface area contributed by atoms with E-state index in [-0.39, 0.29) is 11.6 Å². The van der Waals surface area contributed by atoms with Gasteiger partial charge in [-0.05, 0) is 51.0 Å². The van der Waals surface area contributed by atoms with Crippen LogP contribution in [-0.2, 0) is 9.53 Å². The standard InChI is InChI=1S/C18H20N2O3/c1-11-9-12(2)16(13(3)10-11)20-17(21)14(4)23-18(22)15-7-5-6-8-19-15/h5-10,14H,1-4H3,(H,20,21)/t14-/m1/s1. The first kappa shape index (κ1) is 16.7. The van der Waals surface area contributed by atoms with Gasteiger partial charge >= 0.3 is 5.97 Å². The van der Waals surface area contributed by atoms with Crippen molar-refractivity contribution in [1.29, 1.82) is 0 Å². The summed E-state index contributed by atoms with van der Waals surface area (Å²) in [6.45, 7) is 7.40. The first-order valence-electron chi connectivity index (χ1n) is 7.39. The van der Waals surface area contributed by atoms with E-state index in [1.54, 1.807) is 18.2 Å². The van der Waals surface area contributed by atoms with Gasteiger partial charge < -0.3 is 10.1 Å². The maximum absolute atomic E-state index is 12.3. The van der Waals surface area contributed by atoms with E-state index in [0.29, 0.717) is 0 Å². The van der Waals surface area contributed by atoms with Gasteiger partial charge in [-0.25, -0.2) is 9.78 Å². The maximum Gasteiger partial charge on any atom is 0.357 e. The maximum atomic E-state index is 12.3. The summed E-state index contributed by atoms with van der Waals surface area (Å²) in [6, 6.07) is 8.92. The van der Waals surface area contributed by atoms with Gasteiger partial charge in [0.05, 0.1) is 0 Å². The van der Waals surface area contributed by atoms with Gasteiger partial charge in [-0.3, -0.25) is 4.79 Å². The monoisotopic (exact) mass is 312 g/mol. The Bertz CT molecular complexity index is 703. The fraction of sp³-hybridized carbons (Fsp3) is 0.278. The van der Waals surface area contributed by atoms with Gasteiger partial charge in [0.2, 0.25) is 0 Å². The third-order valence-electron chi connectivity index (χ3n) is 3.45. The van der Waals surface area contributed by atoms with Crippen molar-refractivity contribution in [3.05, 3.63) is 58.9 Å². The normalized spacial score (nSPS) is 11.7. The summed E-state index contributed by atoms with van der Waals surface area (Å²) in [5, 5.41) is 2.83. The topological polar surface area (TPSA) is 68.3 Å². The lowest BCUT2D eigenvalue weighted by molar-refractivity contribution is -0.123. The third-order valence-corrected chi connectivity index (χ3v) is 3.45. The number of esters is 1. The van der Waals surface area contributed by atoms with Crippen molar-refractivity contribution in [1.82, 2.24) is 4.98 Å². The summed E-state index contributed by atoms with van der Waals surface area (Å²) in [6.07, 6.45) is 0.588. The Morgan fingerprint density at radius 2 is 1.78 bits per heavy atom. The molecule has 1 heterocycles. The van der Waals surface area contributed by atoms with Crippen molar-refractivity contribution in [2.24, 2.45) is 0 Å². The Labute approximate surface area is 135 Å². The Hall–Kier alpha value is -2.69. The molecule has 0 saturated carbocycles. The van der Waals surface area contributed by atoms with Crippen molar-refractivity contribution in [2.75, 3.05) is 5.32 Å². The molecule has 1 N–H and O–H groups in total. The van der Waals surface area contributed by atoms with Crippen molar-refractivity contribution < 1.29 is 14.3 Å². The number of aryl methyl sites for hydroxylation is 3. The first-order chi connectivity index (χ1) is 10.9. The second kappa shape index (κ2) is 7.05. The zero-order chi connectivity index (χ0) is 17.0. The smallest absolute Gasteiger partial charge is 0.357 e. The van der Waals surface area contributed by atoms with Gasteiger partial charge in [0.25, 0.3) is 5.91 Å². The number of hydrogen-bond acceptors (Lipinski definition) is 4. The quantitative estimate of drug-likeness (QED) is 0.880. The number of pyridine rings is 1. The van der Waals surface area contributed by atoms with E-state index in [0.717, 1.165) is 22.4 Å². The van der Waals surface area contributed by atoms with E-state index in [1.807, 2.05) is 32.9 Å². The molecule has 2 rings (SSSR count). The van der Waals surface area contributed by atoms with Gasteiger partial charge in [-0.15, -0.1) is 0 Å². The molecule has 1 amide bonds. The minimum Gasteiger partial charge on any atom is -0.448 e. The number of nitrogens with one attached hydrogen (secondary N) is 1. The number of rotatable bonds is 4. The lowest BCUT2D eigenvalue weighted by Gasteiger charge is -2.16. The highest BCUT2D eigenvalue weighted by atomic mass is 16.5. The van der Waals surface area contributed by atoms with Gasteiger partial charge in [-0.2, -0.15) is 0 Å². The highest BCUT2D eigenvalue weighted by Gasteiger charge is 2.20. The number of anilines is 1. The average Bonchev–Trinajstić information content (AvgIpc) is 2.51. The van der Waals surface area contributed by atoms with Crippen LogP contribution in [0.15, 0.2) is 36.5 Å². The number of benzene rings is 1. The second-order valence-corrected chi connectivity index (χ2v) is 5.53. The zero-order valence-electron chi connectivity index (χ0n) is 13.7. The predicted molar refractivity (Wildman–Crippen MR) is 88.4 cm³/mol. The van der Waals surface area contributed by atoms with Crippen LogP contribution in [0.2, 0.25) is 0 Å². The van der Waals surface area contributed by atoms with E-state index < -0.39 is 12.1 Å². The molecule has 0 aliphatic heterocycles. The molecule has 0 radical (unpaired) electrons. The molecule has 0 aliphatic carbocycles. The zero-order valence-corrected chi connectivity index (χ0v) is 13.7. The Morgan fingerprint density at radius 3 is 2.35 bits per heavy atom. The number of nitrogens with zero attached hydrogens (tertiary/aromatic N) is 1. The summed E-state index contributed by atoms with van der Waals surface area (Å²) < 4.78 is 5.16. The van der Waals surface area contributed by atoms with E-state index in [2.05, 4.69) is 10.3 Å². The molecule has 1 aromatic carbocycles. The molecular formula is C18H20N2O3. The molecule has 1 atom stereocenters. The molecule has 0 spiro atoms. The number of hydrogen-bond donors (Lipinski definition) is 1. The highest BCUT2D eigenvalue weighted by Crippen LogP contribution is 2.22. The summed E-state index contributed by atoms with van der Waals surface area (Å²) in [5.41, 5.74) is 4.00. The number of carbonyl (C=O) groups excluding carboxylic acids is 2. The van der Waals surface area contributed by atoms with Crippen molar-refractivity contribution >= 4 is 17.6 Å². The van der Waals surface area contributed by atoms with Gasteiger partial charge in [0, 0.05) is 11.9 Å². The van der Waals surface area contributed by atoms with E-state index in [4.69, 9.17) is 4.74 Å². The Morgan fingerprint density at radius 1 is 1.13 bits per heavy atom. The minimum absolute atomic E-state index is 0.176. The largest absolute Gasteiger partial charge is 0.448 e. The molecule has 0 fully saturated rings. The van der Waals surface area contributed by atoms with Gasteiger partial charge in [0.1, 0.15) is 5.69 Å². The summed E-state index contributed by atoms with van der Waals surface area (Å²) in [5.74, 6) is -0.991. The van der Waals surface area contributed by atoms with E-state index in [1.165, 1.54) is 13.1 Å². The van der Waals surface area contributed by atoms with Crippen LogP contribution in [0.4, 0.5) is 5.69 Å². The average molecular weight is 312 g/mol. The number of carbonyl (C=O) groups is 2. The fourth-order valence-corrected chi connectivity index (χ4v) is 2.36. The van der Waals surface area contributed by atoms with E-state index in [9.17, 15) is 9.59 Å². The molecule has 5 heteroatoms. The molecule has 1 aromatic heterocycles. The number of aromatic nitrogens is 1. The van der Waals surface area contributed by atoms with Crippen LogP contribution in [0.25, 0.3) is 0 Å². The van der Waals surface area contributed by atoms with Crippen LogP contribution in [0.3, 0.4) is 0 Å². The lowest BCUT2D eigenvalue weighted by Crippen LogP contribution is -2.30. The molecular weight excluding hydrogens is 292 g/mol. The Balaban J connectivity index is 2.05. The molecule has 0 aliphatic rings. The summed E-state index contributed by atoms with van der Waals surface area (Å²) in [4.78, 5) is 28.1. The van der Waals surface area contributed by atoms with Crippen molar-refractivity contribution in [3.63, 3.8) is 0 Å². The van der Waals surface area contributed by atoms with E-state index >= 15 is 0 Å². The van der Waals surface area contributed by atoms with Crippen LogP contribution in [-0.4, -0.2) is 23.0 Å². The van der Waals surface area contributed by atoms with Gasteiger partial charge in [0.15, 0.2) is 6.10 Å². The van der Waals surface area contributed by atoms with Crippen LogP contribution < -0.4 is 5.32 Å². The predicted octanol–water partition coefficient (Wildman–Crippen LogP) is 3.19. The molecule has 120 valence electrons. The molecule has 0 unspecified atom stereocenters. The SMILES string of the molecule is Cc1cc(C)c(NC(=O)[C@@H](C)OC(=O)c2ccccn2)c(C)c1. The molecule has 23 heavy (non-hydrogen) atoms. The summed E-state index contributed by atoms with van der Waals surface area (Å²) >= 11 is 0. The number of amides is 1. The Kier molecular flexibility index (Phi) is 5.11. The number of ether oxygens (including phenoxy) is 1. The first-order valence-corrected chi connectivity index (χ1v) is 7.39. The second-order valence-electron chi connectivity index (χ2n) is 5.53. The molecule has 0 bridgehead atoms. The fourth-order valence-electron chi connectivity index (χ4n) is 2.36. The van der Waals surface area contributed by atoms with Gasteiger partial charge in [-0.1, -0.05) is 23.8 Å². The van der Waals surface area contributed by atoms with Crippen LogP contribution in [0, 0.1) is 20.8 Å². The molecule has 0 saturated heterocycles. The molecule has 2 aromatic rings. The summed E-state index contributed by atoms with van der Waals surface area (Å²) in [7, 11) is 0. The van der Waals surface area contributed by atoms with Crippen molar-refractivity contribution in [3.8, 4) is 0 Å². The van der Waals surface area contributed by atoms with Crippen LogP contribution in [0.1, 0.15) is 34.1 Å². The molecule has 5 nitrogen and oxygen atoms in total. The highest BCUT2D eigenvalue weighted by molar-refractivity contribution is 5.97.